The van der Waals surface area contributed by atoms with Gasteiger partial charge in [0.25, 0.3) is 0 Å². The lowest BCUT2D eigenvalue weighted by Crippen LogP contribution is -2.24. The van der Waals surface area contributed by atoms with Crippen molar-refractivity contribution in [1.82, 2.24) is 0 Å². The number of allylic oxidation sites excluding steroid dienone is 1. The van der Waals surface area contributed by atoms with Crippen molar-refractivity contribution in [2.75, 3.05) is 0 Å². The molecule has 0 amide bonds. The van der Waals surface area contributed by atoms with Gasteiger partial charge in [-0.3, -0.25) is 0 Å². The van der Waals surface area contributed by atoms with Crippen molar-refractivity contribution in [2.24, 2.45) is 5.92 Å². The van der Waals surface area contributed by atoms with Gasteiger partial charge in [0, 0.05) is 6.42 Å². The summed E-state index contributed by atoms with van der Waals surface area (Å²) in [6.07, 6.45) is 3.80. The van der Waals surface area contributed by atoms with Crippen molar-refractivity contribution in [3.05, 3.63) is 11.6 Å². The summed E-state index contributed by atoms with van der Waals surface area (Å²) >= 11 is 0. The molecule has 0 bridgehead atoms. The van der Waals surface area contributed by atoms with Crippen molar-refractivity contribution in [2.45, 2.75) is 58.5 Å². The van der Waals surface area contributed by atoms with Crippen molar-refractivity contribution in [3.63, 3.8) is 0 Å². The molecule has 0 spiro atoms. The van der Waals surface area contributed by atoms with Gasteiger partial charge in [0.15, 0.2) is 5.79 Å². The van der Waals surface area contributed by atoms with Crippen LogP contribution in [0.15, 0.2) is 11.6 Å². The molecule has 1 saturated heterocycles. The fourth-order valence-electron chi connectivity index (χ4n) is 2.89. The molecule has 2 fully saturated rings. The molecule has 2 aliphatic rings. The Morgan fingerprint density at radius 3 is 2.75 bits per heavy atom. The number of hydrogen-bond donors (Lipinski definition) is 0. The highest BCUT2D eigenvalue weighted by Gasteiger charge is 2.49. The second-order valence-corrected chi connectivity index (χ2v) is 5.22. The van der Waals surface area contributed by atoms with Crippen LogP contribution in [0.1, 0.15) is 40.5 Å². The number of fused-ring (bicyclic) bond motifs is 1. The van der Waals surface area contributed by atoms with Crippen LogP contribution in [0.5, 0.6) is 0 Å². The van der Waals surface area contributed by atoms with E-state index < -0.39 is 5.79 Å². The van der Waals surface area contributed by atoms with Crippen LogP contribution in [0.3, 0.4) is 0 Å². The molecule has 3 nitrogen and oxygen atoms in total. The Kier molecular flexibility index (Phi) is 2.93. The Morgan fingerprint density at radius 1 is 1.50 bits per heavy atom. The van der Waals surface area contributed by atoms with Crippen LogP contribution in [0, 0.1) is 5.92 Å². The second kappa shape index (κ2) is 3.97. The van der Waals surface area contributed by atoms with E-state index in [1.165, 1.54) is 5.57 Å². The number of carbonyl (C=O) groups excluding carboxylic acids is 1. The highest BCUT2D eigenvalue weighted by molar-refractivity contribution is 5.76. The minimum atomic E-state index is -0.481. The van der Waals surface area contributed by atoms with Gasteiger partial charge in [-0.2, -0.15) is 0 Å². The Hall–Kier alpha value is -0.670. The third-order valence-electron chi connectivity index (χ3n) is 3.37. The Labute approximate surface area is 96.8 Å². The molecule has 0 aromatic heterocycles. The van der Waals surface area contributed by atoms with E-state index in [2.05, 4.69) is 6.08 Å². The number of carbonyl (C=O) groups is 1. The van der Waals surface area contributed by atoms with E-state index in [1.54, 1.807) is 6.92 Å². The van der Waals surface area contributed by atoms with E-state index in [9.17, 15) is 4.79 Å². The molecule has 3 heteroatoms. The third kappa shape index (κ3) is 2.06. The number of ether oxygens (including phenoxy) is 2. The first kappa shape index (κ1) is 11.8. The maximum absolute atomic E-state index is 11.2. The van der Waals surface area contributed by atoms with Gasteiger partial charge in [-0.1, -0.05) is 6.08 Å². The van der Waals surface area contributed by atoms with Gasteiger partial charge in [0.2, 0.25) is 0 Å². The molecule has 0 aromatic carbocycles. The molecule has 1 aliphatic carbocycles. The predicted molar refractivity (Wildman–Crippen MR) is 61.0 cm³/mol. The van der Waals surface area contributed by atoms with Crippen LogP contribution >= 0.6 is 0 Å². The standard InChI is InChI=1S/C13H20O3/c1-5-10-9(6-8(2)14)7-11-12(10)16-13(3,4)15-11/h5,9,11-12H,6-7H2,1-4H3/b10-5+/t9-,11-,12+/m1/s1. The van der Waals surface area contributed by atoms with E-state index in [-0.39, 0.29) is 18.0 Å². The maximum Gasteiger partial charge on any atom is 0.164 e. The molecule has 0 radical (unpaired) electrons. The van der Waals surface area contributed by atoms with Gasteiger partial charge < -0.3 is 14.3 Å². The van der Waals surface area contributed by atoms with Gasteiger partial charge in [0.05, 0.1) is 6.10 Å². The topological polar surface area (TPSA) is 35.5 Å². The van der Waals surface area contributed by atoms with Crippen LogP contribution in [0.2, 0.25) is 0 Å². The lowest BCUT2D eigenvalue weighted by Gasteiger charge is -2.21. The zero-order valence-corrected chi connectivity index (χ0v) is 10.4. The van der Waals surface area contributed by atoms with E-state index in [1.807, 2.05) is 20.8 Å². The van der Waals surface area contributed by atoms with Crippen LogP contribution in [0.25, 0.3) is 0 Å². The fraction of sp³-hybridized carbons (Fsp3) is 0.769. The predicted octanol–water partition coefficient (Wildman–Crippen LogP) is 2.45. The van der Waals surface area contributed by atoms with Crippen LogP contribution in [-0.4, -0.2) is 23.8 Å². The average molecular weight is 224 g/mol. The fourth-order valence-corrected chi connectivity index (χ4v) is 2.89. The summed E-state index contributed by atoms with van der Waals surface area (Å²) in [5, 5.41) is 0. The quantitative estimate of drug-likeness (QED) is 0.676. The van der Waals surface area contributed by atoms with E-state index in [0.717, 1.165) is 6.42 Å². The molecule has 0 N–H and O–H groups in total. The zero-order chi connectivity index (χ0) is 11.9. The van der Waals surface area contributed by atoms with Crippen LogP contribution < -0.4 is 0 Å². The highest BCUT2D eigenvalue weighted by atomic mass is 16.8. The minimum absolute atomic E-state index is 0.0596. The van der Waals surface area contributed by atoms with Gasteiger partial charge in [-0.15, -0.1) is 0 Å². The van der Waals surface area contributed by atoms with Crippen LogP contribution in [-0.2, 0) is 14.3 Å². The number of rotatable bonds is 2. The molecular formula is C13H20O3. The SMILES string of the molecule is C/C=C1\[C@H](CC(C)=O)C[C@H]2OC(C)(C)O[C@@H]12. The lowest BCUT2D eigenvalue weighted by molar-refractivity contribution is -0.149. The van der Waals surface area contributed by atoms with Gasteiger partial charge in [-0.05, 0) is 45.6 Å². The summed E-state index contributed by atoms with van der Waals surface area (Å²) in [6, 6.07) is 0. The average Bonchev–Trinajstić information content (AvgIpc) is 2.54. The molecule has 16 heavy (non-hydrogen) atoms. The summed E-state index contributed by atoms with van der Waals surface area (Å²) < 4.78 is 11.7. The number of Topliss-reactive ketones (excluding diaryl/α,β-unsaturated/α-hetero) is 1. The lowest BCUT2D eigenvalue weighted by atomic mass is 9.96. The zero-order valence-electron chi connectivity index (χ0n) is 10.4. The number of hydrogen-bond acceptors (Lipinski definition) is 3. The monoisotopic (exact) mass is 224 g/mol. The third-order valence-corrected chi connectivity index (χ3v) is 3.37. The van der Waals surface area contributed by atoms with Crippen LogP contribution in [0.4, 0.5) is 0 Å². The minimum Gasteiger partial charge on any atom is -0.344 e. The smallest absolute Gasteiger partial charge is 0.164 e. The first-order valence-electron chi connectivity index (χ1n) is 5.94. The largest absolute Gasteiger partial charge is 0.344 e. The molecule has 90 valence electrons. The Morgan fingerprint density at radius 2 is 2.19 bits per heavy atom. The molecule has 0 aromatic rings. The molecule has 1 aliphatic heterocycles. The number of ketones is 1. The highest BCUT2D eigenvalue weighted by Crippen LogP contribution is 2.45. The van der Waals surface area contributed by atoms with Crippen molar-refractivity contribution >= 4 is 5.78 Å². The Balaban J connectivity index is 2.13. The Bertz CT molecular complexity index is 330. The first-order chi connectivity index (χ1) is 7.43. The summed E-state index contributed by atoms with van der Waals surface area (Å²) in [6.45, 7) is 7.55. The van der Waals surface area contributed by atoms with E-state index in [0.29, 0.717) is 12.3 Å². The molecule has 0 unspecified atom stereocenters. The van der Waals surface area contributed by atoms with E-state index >= 15 is 0 Å². The van der Waals surface area contributed by atoms with Gasteiger partial charge in [-0.25, -0.2) is 0 Å². The molecule has 1 saturated carbocycles. The molecule has 1 heterocycles. The molecule has 3 atom stereocenters. The van der Waals surface area contributed by atoms with Gasteiger partial charge >= 0.3 is 0 Å². The van der Waals surface area contributed by atoms with Gasteiger partial charge in [0.1, 0.15) is 11.9 Å². The molecule has 2 rings (SSSR count). The molecular weight excluding hydrogens is 204 g/mol. The summed E-state index contributed by atoms with van der Waals surface area (Å²) in [5.74, 6) is 0.0716. The van der Waals surface area contributed by atoms with E-state index in [4.69, 9.17) is 9.47 Å². The first-order valence-corrected chi connectivity index (χ1v) is 5.94. The maximum atomic E-state index is 11.2. The summed E-state index contributed by atoms with van der Waals surface area (Å²) in [4.78, 5) is 11.2. The summed E-state index contributed by atoms with van der Waals surface area (Å²) in [5.41, 5.74) is 1.24. The van der Waals surface area contributed by atoms with Crippen molar-refractivity contribution in [3.8, 4) is 0 Å². The van der Waals surface area contributed by atoms with Crippen molar-refractivity contribution < 1.29 is 14.3 Å². The van der Waals surface area contributed by atoms with Crippen molar-refractivity contribution in [1.29, 1.82) is 0 Å². The normalized spacial score (nSPS) is 39.0. The summed E-state index contributed by atoms with van der Waals surface area (Å²) in [7, 11) is 0. The second-order valence-electron chi connectivity index (χ2n) is 5.22.